The molecule has 0 radical (unpaired) electrons. The van der Waals surface area contributed by atoms with E-state index in [9.17, 15) is 22.8 Å². The summed E-state index contributed by atoms with van der Waals surface area (Å²) < 4.78 is 44.6. The number of nitrogens with zero attached hydrogens (tertiary/aromatic N) is 1. The zero-order valence-corrected chi connectivity index (χ0v) is 17.5. The molecule has 10 heteroatoms. The maximum Gasteiger partial charge on any atom is 0.418 e. The van der Waals surface area contributed by atoms with Crippen LogP contribution in [0.5, 0.6) is 0 Å². The average molecular weight is 450 g/mol. The number of ether oxygens (including phenoxy) is 1. The predicted molar refractivity (Wildman–Crippen MR) is 115 cm³/mol. The molecular formula is C22H25F3N4O3. The standard InChI is InChI=1S/C22H25F3N4O3/c1-15(21(31)28-19-5-3-2-4-18(19)22(23,24)25)26-16-6-8-17(9-7-16)27-20(30)14-29-10-12-32-13-11-29/h2-9,15,26H,10-14H2,1H3,(H,27,30)(H,28,31). The van der Waals surface area contributed by atoms with Crippen molar-refractivity contribution >= 4 is 28.9 Å². The zero-order valence-electron chi connectivity index (χ0n) is 17.5. The third kappa shape index (κ3) is 6.69. The fraction of sp³-hybridized carbons (Fsp3) is 0.364. The first-order valence-corrected chi connectivity index (χ1v) is 10.2. The Morgan fingerprint density at radius 2 is 1.62 bits per heavy atom. The topological polar surface area (TPSA) is 82.7 Å². The number of anilines is 3. The molecule has 0 aliphatic carbocycles. The molecule has 1 aliphatic heterocycles. The van der Waals surface area contributed by atoms with Crippen LogP contribution in [-0.4, -0.2) is 55.6 Å². The molecule has 7 nitrogen and oxygen atoms in total. The quantitative estimate of drug-likeness (QED) is 0.602. The molecule has 0 spiro atoms. The number of amides is 2. The van der Waals surface area contributed by atoms with Gasteiger partial charge in [0.2, 0.25) is 11.8 Å². The number of para-hydroxylation sites is 1. The van der Waals surface area contributed by atoms with Gasteiger partial charge in [0.15, 0.2) is 0 Å². The minimum atomic E-state index is -4.57. The minimum Gasteiger partial charge on any atom is -0.379 e. The molecular weight excluding hydrogens is 425 g/mol. The molecule has 0 aromatic heterocycles. The van der Waals surface area contributed by atoms with Gasteiger partial charge in [-0.15, -0.1) is 0 Å². The van der Waals surface area contributed by atoms with Crippen molar-refractivity contribution in [2.45, 2.75) is 19.1 Å². The molecule has 3 rings (SSSR count). The van der Waals surface area contributed by atoms with E-state index >= 15 is 0 Å². The second-order valence-corrected chi connectivity index (χ2v) is 7.41. The lowest BCUT2D eigenvalue weighted by molar-refractivity contribution is -0.137. The van der Waals surface area contributed by atoms with Crippen LogP contribution in [-0.2, 0) is 20.5 Å². The molecule has 1 saturated heterocycles. The summed E-state index contributed by atoms with van der Waals surface area (Å²) in [5.74, 6) is -0.742. The van der Waals surface area contributed by atoms with Crippen LogP contribution in [0, 0.1) is 0 Å². The molecule has 32 heavy (non-hydrogen) atoms. The first-order valence-electron chi connectivity index (χ1n) is 10.2. The summed E-state index contributed by atoms with van der Waals surface area (Å²) in [6.07, 6.45) is -4.57. The zero-order chi connectivity index (χ0) is 23.1. The molecule has 2 aromatic carbocycles. The molecule has 2 amide bonds. The van der Waals surface area contributed by atoms with Crippen LogP contribution in [0.2, 0.25) is 0 Å². The highest BCUT2D eigenvalue weighted by molar-refractivity contribution is 5.97. The first kappa shape index (κ1) is 23.6. The highest BCUT2D eigenvalue weighted by Gasteiger charge is 2.33. The average Bonchev–Trinajstić information content (AvgIpc) is 2.75. The van der Waals surface area contributed by atoms with Gasteiger partial charge in [-0.2, -0.15) is 13.2 Å². The monoisotopic (exact) mass is 450 g/mol. The van der Waals surface area contributed by atoms with Gasteiger partial charge in [-0.25, -0.2) is 0 Å². The number of benzene rings is 2. The van der Waals surface area contributed by atoms with Gasteiger partial charge in [-0.1, -0.05) is 12.1 Å². The predicted octanol–water partition coefficient (Wildman–Crippen LogP) is 3.42. The van der Waals surface area contributed by atoms with Gasteiger partial charge in [-0.05, 0) is 43.3 Å². The van der Waals surface area contributed by atoms with Crippen molar-refractivity contribution in [3.8, 4) is 0 Å². The number of hydrogen-bond donors (Lipinski definition) is 3. The Morgan fingerprint density at radius 3 is 2.28 bits per heavy atom. The van der Waals surface area contributed by atoms with Crippen molar-refractivity contribution < 1.29 is 27.5 Å². The summed E-state index contributed by atoms with van der Waals surface area (Å²) in [6.45, 7) is 4.47. The van der Waals surface area contributed by atoms with Crippen LogP contribution in [0.1, 0.15) is 12.5 Å². The number of carbonyl (C=O) groups is 2. The van der Waals surface area contributed by atoms with Crippen LogP contribution in [0.4, 0.5) is 30.2 Å². The number of alkyl halides is 3. The number of carbonyl (C=O) groups excluding carboxylic acids is 2. The largest absolute Gasteiger partial charge is 0.418 e. The molecule has 172 valence electrons. The lowest BCUT2D eigenvalue weighted by atomic mass is 10.1. The third-order valence-corrected chi connectivity index (χ3v) is 4.91. The molecule has 1 unspecified atom stereocenters. The van der Waals surface area contributed by atoms with Gasteiger partial charge in [0.1, 0.15) is 6.04 Å². The van der Waals surface area contributed by atoms with E-state index in [1.165, 1.54) is 18.2 Å². The number of hydrogen-bond acceptors (Lipinski definition) is 5. The number of nitrogens with one attached hydrogen (secondary N) is 3. The van der Waals surface area contributed by atoms with Crippen molar-refractivity contribution in [1.82, 2.24) is 4.90 Å². The number of morpholine rings is 1. The summed E-state index contributed by atoms with van der Waals surface area (Å²) in [5, 5.41) is 8.07. The van der Waals surface area contributed by atoms with Gasteiger partial charge in [-0.3, -0.25) is 14.5 Å². The van der Waals surface area contributed by atoms with Gasteiger partial charge in [0.25, 0.3) is 0 Å². The molecule has 0 bridgehead atoms. The molecule has 1 heterocycles. The molecule has 1 fully saturated rings. The van der Waals surface area contributed by atoms with Crippen molar-refractivity contribution in [3.05, 3.63) is 54.1 Å². The summed E-state index contributed by atoms with van der Waals surface area (Å²) in [7, 11) is 0. The molecule has 1 aliphatic rings. The van der Waals surface area contributed by atoms with E-state index in [1.807, 2.05) is 4.90 Å². The Kier molecular flexibility index (Phi) is 7.70. The maximum absolute atomic E-state index is 13.1. The fourth-order valence-electron chi connectivity index (χ4n) is 3.21. The number of halogens is 3. The van der Waals surface area contributed by atoms with E-state index in [0.717, 1.165) is 6.07 Å². The van der Waals surface area contributed by atoms with Crippen LogP contribution in [0.15, 0.2) is 48.5 Å². The third-order valence-electron chi connectivity index (χ3n) is 4.91. The second kappa shape index (κ2) is 10.5. The van der Waals surface area contributed by atoms with Crippen molar-refractivity contribution in [2.24, 2.45) is 0 Å². The Hall–Kier alpha value is -3.11. The van der Waals surface area contributed by atoms with E-state index in [4.69, 9.17) is 4.74 Å². The Morgan fingerprint density at radius 1 is 1.00 bits per heavy atom. The SMILES string of the molecule is CC(Nc1ccc(NC(=O)CN2CCOCC2)cc1)C(=O)Nc1ccccc1C(F)(F)F. The van der Waals surface area contributed by atoms with Crippen molar-refractivity contribution in [1.29, 1.82) is 0 Å². The molecule has 0 saturated carbocycles. The van der Waals surface area contributed by atoms with Gasteiger partial charge >= 0.3 is 6.18 Å². The van der Waals surface area contributed by atoms with Crippen LogP contribution in [0.3, 0.4) is 0 Å². The highest BCUT2D eigenvalue weighted by Crippen LogP contribution is 2.34. The van der Waals surface area contributed by atoms with Gasteiger partial charge < -0.3 is 20.7 Å². The van der Waals surface area contributed by atoms with Crippen LogP contribution < -0.4 is 16.0 Å². The Bertz CT molecular complexity index is 929. The number of rotatable bonds is 7. The van der Waals surface area contributed by atoms with E-state index in [0.29, 0.717) is 37.7 Å². The summed E-state index contributed by atoms with van der Waals surface area (Å²) >= 11 is 0. The molecule has 2 aromatic rings. The van der Waals surface area contributed by atoms with Gasteiger partial charge in [0, 0.05) is 24.5 Å². The summed E-state index contributed by atoms with van der Waals surface area (Å²) in [4.78, 5) is 26.6. The summed E-state index contributed by atoms with van der Waals surface area (Å²) in [5.41, 5.74) is -0.0114. The normalized spacial score (nSPS) is 15.6. The van der Waals surface area contributed by atoms with E-state index in [-0.39, 0.29) is 18.1 Å². The Labute approximate surface area is 183 Å². The maximum atomic E-state index is 13.1. The molecule has 3 N–H and O–H groups in total. The summed E-state index contributed by atoms with van der Waals surface area (Å²) in [6, 6.07) is 10.7. The fourth-order valence-corrected chi connectivity index (χ4v) is 3.21. The van der Waals surface area contributed by atoms with E-state index in [2.05, 4.69) is 16.0 Å². The lowest BCUT2D eigenvalue weighted by Crippen LogP contribution is -2.41. The van der Waals surface area contributed by atoms with Crippen molar-refractivity contribution in [3.63, 3.8) is 0 Å². The van der Waals surface area contributed by atoms with E-state index in [1.54, 1.807) is 31.2 Å². The minimum absolute atomic E-state index is 0.135. The highest BCUT2D eigenvalue weighted by atomic mass is 19.4. The second-order valence-electron chi connectivity index (χ2n) is 7.41. The van der Waals surface area contributed by atoms with Crippen LogP contribution in [0.25, 0.3) is 0 Å². The van der Waals surface area contributed by atoms with Gasteiger partial charge in [0.05, 0.1) is 31.0 Å². The van der Waals surface area contributed by atoms with Crippen molar-refractivity contribution in [2.75, 3.05) is 48.8 Å². The molecule has 1 atom stereocenters. The lowest BCUT2D eigenvalue weighted by Gasteiger charge is -2.25. The van der Waals surface area contributed by atoms with E-state index < -0.39 is 23.7 Å². The Balaban J connectivity index is 1.52. The first-order chi connectivity index (χ1) is 15.2. The smallest absolute Gasteiger partial charge is 0.379 e. The van der Waals surface area contributed by atoms with Crippen LogP contribution >= 0.6 is 0 Å².